The Kier molecular flexibility index (Phi) is 3.42. The van der Waals surface area contributed by atoms with E-state index in [-0.39, 0.29) is 6.54 Å². The molecule has 3 rings (SSSR count). The van der Waals surface area contributed by atoms with Gasteiger partial charge in [-0.25, -0.2) is 0 Å². The molecule has 0 atom stereocenters. The van der Waals surface area contributed by atoms with Crippen molar-refractivity contribution >= 4 is 17.4 Å². The summed E-state index contributed by atoms with van der Waals surface area (Å²) in [5.74, 6) is 0.0219. The minimum Gasteiger partial charge on any atom is -0.480 e. The number of fused-ring (bicyclic) bond motifs is 1. The summed E-state index contributed by atoms with van der Waals surface area (Å²) in [7, 11) is 0. The molecule has 1 aliphatic heterocycles. The average molecular weight is 277 g/mol. The molecule has 3 heterocycles. The van der Waals surface area contributed by atoms with E-state index in [0.717, 1.165) is 31.9 Å². The second-order valence-electron chi connectivity index (χ2n) is 4.73. The summed E-state index contributed by atoms with van der Waals surface area (Å²) >= 11 is 0. The van der Waals surface area contributed by atoms with Crippen molar-refractivity contribution in [2.75, 3.05) is 37.6 Å². The maximum atomic E-state index is 10.8. The number of nitrogens with zero attached hydrogens (tertiary/aromatic N) is 7. The zero-order valence-electron chi connectivity index (χ0n) is 10.9. The maximum absolute atomic E-state index is 10.8. The molecular formula is C11H15N7O2. The van der Waals surface area contributed by atoms with Crippen LogP contribution in [-0.4, -0.2) is 74.0 Å². The highest BCUT2D eigenvalue weighted by molar-refractivity contribution is 5.69. The van der Waals surface area contributed by atoms with Crippen molar-refractivity contribution in [3.63, 3.8) is 0 Å². The number of anilines is 1. The molecule has 1 fully saturated rings. The van der Waals surface area contributed by atoms with Gasteiger partial charge in [-0.05, 0) is 29.0 Å². The third-order valence-electron chi connectivity index (χ3n) is 3.33. The Morgan fingerprint density at radius 1 is 1.25 bits per heavy atom. The van der Waals surface area contributed by atoms with Crippen LogP contribution >= 0.6 is 0 Å². The summed E-state index contributed by atoms with van der Waals surface area (Å²) in [6.45, 7) is 3.18. The van der Waals surface area contributed by atoms with E-state index in [4.69, 9.17) is 5.11 Å². The molecule has 0 aromatic carbocycles. The first kappa shape index (κ1) is 12.7. The van der Waals surface area contributed by atoms with Gasteiger partial charge in [-0.15, -0.1) is 14.8 Å². The largest absolute Gasteiger partial charge is 0.480 e. The normalized spacial score (nSPS) is 17.3. The van der Waals surface area contributed by atoms with Crippen LogP contribution in [0.3, 0.4) is 0 Å². The van der Waals surface area contributed by atoms with Crippen LogP contribution in [-0.2, 0) is 4.79 Å². The number of aromatic nitrogens is 5. The van der Waals surface area contributed by atoms with Gasteiger partial charge < -0.3 is 10.0 Å². The first-order valence-electron chi connectivity index (χ1n) is 6.47. The minimum atomic E-state index is -0.785. The Morgan fingerprint density at radius 2 is 2.15 bits per heavy atom. The molecule has 0 radical (unpaired) electrons. The summed E-state index contributed by atoms with van der Waals surface area (Å²) in [5.41, 5.74) is 0.607. The fraction of sp³-hybridized carbons (Fsp3) is 0.545. The number of carbonyl (C=O) groups is 1. The van der Waals surface area contributed by atoms with Gasteiger partial charge in [-0.3, -0.25) is 9.69 Å². The molecule has 9 heteroatoms. The molecule has 106 valence electrons. The van der Waals surface area contributed by atoms with Gasteiger partial charge in [0.2, 0.25) is 0 Å². The molecule has 9 nitrogen and oxygen atoms in total. The molecule has 1 aliphatic rings. The van der Waals surface area contributed by atoms with Crippen LogP contribution in [0.15, 0.2) is 12.1 Å². The Morgan fingerprint density at radius 3 is 3.00 bits per heavy atom. The Labute approximate surface area is 114 Å². The van der Waals surface area contributed by atoms with Crippen LogP contribution in [0.1, 0.15) is 6.42 Å². The number of rotatable bonds is 3. The molecule has 1 N–H and O–H groups in total. The van der Waals surface area contributed by atoms with E-state index in [0.29, 0.717) is 12.2 Å². The van der Waals surface area contributed by atoms with E-state index in [2.05, 4.69) is 25.5 Å². The fourth-order valence-corrected chi connectivity index (χ4v) is 2.36. The van der Waals surface area contributed by atoms with Crippen LogP contribution in [0.5, 0.6) is 0 Å². The summed E-state index contributed by atoms with van der Waals surface area (Å²) in [6.07, 6.45) is 0.905. The van der Waals surface area contributed by atoms with E-state index < -0.39 is 5.97 Å². The highest BCUT2D eigenvalue weighted by Gasteiger charge is 2.18. The summed E-state index contributed by atoms with van der Waals surface area (Å²) < 4.78 is 1.40. The molecular weight excluding hydrogens is 262 g/mol. The first-order valence-corrected chi connectivity index (χ1v) is 6.47. The van der Waals surface area contributed by atoms with Gasteiger partial charge in [0.15, 0.2) is 11.5 Å². The second-order valence-corrected chi connectivity index (χ2v) is 4.73. The van der Waals surface area contributed by atoms with Crippen LogP contribution in [0.25, 0.3) is 5.65 Å². The molecule has 20 heavy (non-hydrogen) atoms. The average Bonchev–Trinajstić information content (AvgIpc) is 2.77. The zero-order chi connectivity index (χ0) is 13.9. The lowest BCUT2D eigenvalue weighted by atomic mass is 10.3. The van der Waals surface area contributed by atoms with Gasteiger partial charge >= 0.3 is 5.97 Å². The number of aliphatic carboxylic acids is 1. The van der Waals surface area contributed by atoms with E-state index >= 15 is 0 Å². The lowest BCUT2D eigenvalue weighted by Crippen LogP contribution is -2.34. The molecule has 1 saturated heterocycles. The second kappa shape index (κ2) is 5.37. The molecule has 0 saturated carbocycles. The highest BCUT2D eigenvalue weighted by atomic mass is 16.4. The summed E-state index contributed by atoms with van der Waals surface area (Å²) in [6, 6.07) is 3.71. The topological polar surface area (TPSA) is 99.8 Å². The molecule has 2 aromatic rings. The first-order chi connectivity index (χ1) is 9.72. The maximum Gasteiger partial charge on any atom is 0.317 e. The van der Waals surface area contributed by atoms with Crippen molar-refractivity contribution in [3.05, 3.63) is 12.1 Å². The predicted molar refractivity (Wildman–Crippen MR) is 69.5 cm³/mol. The molecule has 0 bridgehead atoms. The summed E-state index contributed by atoms with van der Waals surface area (Å²) in [5, 5.41) is 24.4. The SMILES string of the molecule is O=C(O)CN1CCCN(c2ccc3nnnn3n2)CC1. The third kappa shape index (κ3) is 2.67. The highest BCUT2D eigenvalue weighted by Crippen LogP contribution is 2.13. The molecule has 0 spiro atoms. The van der Waals surface area contributed by atoms with Gasteiger partial charge in [-0.1, -0.05) is 0 Å². The van der Waals surface area contributed by atoms with Gasteiger partial charge in [0, 0.05) is 26.2 Å². The lowest BCUT2D eigenvalue weighted by molar-refractivity contribution is -0.138. The Bertz CT molecular complexity index is 614. The van der Waals surface area contributed by atoms with Crippen molar-refractivity contribution in [2.24, 2.45) is 0 Å². The number of carboxylic acid groups (broad SMARTS) is 1. The van der Waals surface area contributed by atoms with E-state index in [1.165, 1.54) is 4.63 Å². The Hall–Kier alpha value is -2.29. The summed E-state index contributed by atoms with van der Waals surface area (Å²) in [4.78, 5) is 14.8. The van der Waals surface area contributed by atoms with Crippen LogP contribution < -0.4 is 4.90 Å². The van der Waals surface area contributed by atoms with Gasteiger partial charge in [0.25, 0.3) is 0 Å². The van der Waals surface area contributed by atoms with E-state index in [9.17, 15) is 4.79 Å². The van der Waals surface area contributed by atoms with Crippen molar-refractivity contribution in [2.45, 2.75) is 6.42 Å². The van der Waals surface area contributed by atoms with Crippen molar-refractivity contribution in [1.82, 2.24) is 30.2 Å². The number of tetrazole rings is 1. The number of hydrogen-bond acceptors (Lipinski definition) is 7. The molecule has 0 amide bonds. The van der Waals surface area contributed by atoms with Crippen molar-refractivity contribution in [3.8, 4) is 0 Å². The van der Waals surface area contributed by atoms with Gasteiger partial charge in [0.1, 0.15) is 0 Å². The van der Waals surface area contributed by atoms with E-state index in [1.54, 1.807) is 0 Å². The van der Waals surface area contributed by atoms with Crippen molar-refractivity contribution < 1.29 is 9.90 Å². The quantitative estimate of drug-likeness (QED) is 0.771. The van der Waals surface area contributed by atoms with Crippen LogP contribution in [0.2, 0.25) is 0 Å². The fourth-order valence-electron chi connectivity index (χ4n) is 2.36. The standard InChI is InChI=1S/C11H15N7O2/c19-11(20)8-16-4-1-5-17(7-6-16)10-3-2-9-12-14-15-18(9)13-10/h2-3H,1,4-8H2,(H,19,20). The van der Waals surface area contributed by atoms with Gasteiger partial charge in [-0.2, -0.15) is 0 Å². The minimum absolute atomic E-state index is 0.0906. The zero-order valence-corrected chi connectivity index (χ0v) is 10.9. The Balaban J connectivity index is 1.72. The van der Waals surface area contributed by atoms with Crippen LogP contribution in [0, 0.1) is 0 Å². The number of carboxylic acids is 1. The predicted octanol–water partition coefficient (Wildman–Crippen LogP) is -0.884. The van der Waals surface area contributed by atoms with Crippen LogP contribution in [0.4, 0.5) is 5.82 Å². The van der Waals surface area contributed by atoms with Gasteiger partial charge in [0.05, 0.1) is 6.54 Å². The van der Waals surface area contributed by atoms with Crippen molar-refractivity contribution in [1.29, 1.82) is 0 Å². The third-order valence-corrected chi connectivity index (χ3v) is 3.33. The lowest BCUT2D eigenvalue weighted by Gasteiger charge is -2.21. The molecule has 0 aliphatic carbocycles. The number of hydrogen-bond donors (Lipinski definition) is 1. The monoisotopic (exact) mass is 277 g/mol. The molecule has 0 unspecified atom stereocenters. The smallest absolute Gasteiger partial charge is 0.317 e. The molecule has 2 aromatic heterocycles. The van der Waals surface area contributed by atoms with E-state index in [1.807, 2.05) is 17.0 Å².